The number of amides is 1. The molecule has 0 saturated carbocycles. The Hall–Kier alpha value is -2.04. The number of nitrogens with one attached hydrogen (secondary N) is 1. The zero-order chi connectivity index (χ0) is 13.0. The van der Waals surface area contributed by atoms with Gasteiger partial charge in [-0.15, -0.1) is 0 Å². The van der Waals surface area contributed by atoms with Crippen molar-refractivity contribution in [2.45, 2.75) is 26.3 Å². The summed E-state index contributed by atoms with van der Waals surface area (Å²) >= 11 is 0. The number of aryl methyl sites for hydroxylation is 1. The first-order valence-electron chi connectivity index (χ1n) is 6.07. The summed E-state index contributed by atoms with van der Waals surface area (Å²) in [5.41, 5.74) is 1.28. The van der Waals surface area contributed by atoms with Crippen molar-refractivity contribution in [1.82, 2.24) is 9.88 Å². The molecule has 0 saturated heterocycles. The van der Waals surface area contributed by atoms with E-state index in [2.05, 4.69) is 5.32 Å². The lowest BCUT2D eigenvalue weighted by atomic mass is 10.3. The Bertz CT molecular complexity index is 598. The highest BCUT2D eigenvalue weighted by molar-refractivity contribution is 5.76. The fourth-order valence-electron chi connectivity index (χ4n) is 1.79. The number of benzene rings is 1. The van der Waals surface area contributed by atoms with Crippen LogP contribution < -0.4 is 11.1 Å². The van der Waals surface area contributed by atoms with Crippen molar-refractivity contribution in [3.05, 3.63) is 34.8 Å². The molecule has 1 N–H and O–H groups in total. The van der Waals surface area contributed by atoms with Gasteiger partial charge >= 0.3 is 5.76 Å². The zero-order valence-electron chi connectivity index (χ0n) is 10.3. The Morgan fingerprint density at radius 2 is 2.17 bits per heavy atom. The molecule has 1 heterocycles. The SMILES string of the molecule is CCCNC(=O)CCn1c(=O)oc2ccccc21. The summed E-state index contributed by atoms with van der Waals surface area (Å²) in [6.07, 6.45) is 1.18. The number of hydrogen-bond acceptors (Lipinski definition) is 3. The van der Waals surface area contributed by atoms with Crippen LogP contribution in [-0.2, 0) is 11.3 Å². The number of rotatable bonds is 5. The molecule has 0 spiro atoms. The van der Waals surface area contributed by atoms with Crippen molar-refractivity contribution in [3.8, 4) is 0 Å². The van der Waals surface area contributed by atoms with Gasteiger partial charge in [0.1, 0.15) is 0 Å². The second-order valence-electron chi connectivity index (χ2n) is 4.09. The maximum atomic E-state index is 11.6. The van der Waals surface area contributed by atoms with Gasteiger partial charge in [-0.2, -0.15) is 0 Å². The predicted octanol–water partition coefficient (Wildman–Crippen LogP) is 1.51. The van der Waals surface area contributed by atoms with E-state index in [9.17, 15) is 9.59 Å². The van der Waals surface area contributed by atoms with Gasteiger partial charge in [0.25, 0.3) is 0 Å². The van der Waals surface area contributed by atoms with Gasteiger partial charge in [0.2, 0.25) is 5.91 Å². The van der Waals surface area contributed by atoms with Gasteiger partial charge in [-0.05, 0) is 18.6 Å². The monoisotopic (exact) mass is 248 g/mol. The normalized spacial score (nSPS) is 10.7. The van der Waals surface area contributed by atoms with E-state index >= 15 is 0 Å². The molecule has 0 aliphatic heterocycles. The third kappa shape index (κ3) is 2.61. The van der Waals surface area contributed by atoms with Crippen LogP contribution in [0.5, 0.6) is 0 Å². The van der Waals surface area contributed by atoms with Crippen molar-refractivity contribution in [2.24, 2.45) is 0 Å². The molecular weight excluding hydrogens is 232 g/mol. The molecule has 1 aromatic carbocycles. The number of oxazole rings is 1. The molecule has 18 heavy (non-hydrogen) atoms. The van der Waals surface area contributed by atoms with Crippen molar-refractivity contribution < 1.29 is 9.21 Å². The van der Waals surface area contributed by atoms with E-state index in [0.717, 1.165) is 11.9 Å². The lowest BCUT2D eigenvalue weighted by Gasteiger charge is -2.03. The minimum atomic E-state index is -0.417. The number of fused-ring (bicyclic) bond motifs is 1. The minimum Gasteiger partial charge on any atom is -0.408 e. The first kappa shape index (κ1) is 12.4. The molecule has 96 valence electrons. The van der Waals surface area contributed by atoms with Crippen LogP contribution in [0.1, 0.15) is 19.8 Å². The van der Waals surface area contributed by atoms with Crippen molar-refractivity contribution >= 4 is 17.0 Å². The first-order valence-corrected chi connectivity index (χ1v) is 6.07. The molecule has 1 amide bonds. The molecule has 0 fully saturated rings. The van der Waals surface area contributed by atoms with Crippen LogP contribution in [0.2, 0.25) is 0 Å². The Morgan fingerprint density at radius 1 is 1.39 bits per heavy atom. The van der Waals surface area contributed by atoms with Gasteiger partial charge in [-0.1, -0.05) is 19.1 Å². The molecule has 0 aliphatic carbocycles. The lowest BCUT2D eigenvalue weighted by Crippen LogP contribution is -2.26. The van der Waals surface area contributed by atoms with Gasteiger partial charge in [0.05, 0.1) is 5.52 Å². The second-order valence-corrected chi connectivity index (χ2v) is 4.09. The molecule has 0 aliphatic rings. The molecule has 0 radical (unpaired) electrons. The molecule has 0 unspecified atom stereocenters. The number of nitrogens with zero attached hydrogens (tertiary/aromatic N) is 1. The summed E-state index contributed by atoms with van der Waals surface area (Å²) in [4.78, 5) is 23.1. The van der Waals surface area contributed by atoms with Crippen molar-refractivity contribution in [3.63, 3.8) is 0 Å². The van der Waals surface area contributed by atoms with Crippen molar-refractivity contribution in [1.29, 1.82) is 0 Å². The summed E-state index contributed by atoms with van der Waals surface area (Å²) in [6.45, 7) is 3.00. The summed E-state index contributed by atoms with van der Waals surface area (Å²) in [5, 5.41) is 2.78. The van der Waals surface area contributed by atoms with Crippen molar-refractivity contribution in [2.75, 3.05) is 6.54 Å². The van der Waals surface area contributed by atoms with Gasteiger partial charge in [-0.3, -0.25) is 9.36 Å². The molecule has 0 atom stereocenters. The first-order chi connectivity index (χ1) is 8.72. The Balaban J connectivity index is 2.10. The molecule has 2 aromatic rings. The molecule has 1 aromatic heterocycles. The highest BCUT2D eigenvalue weighted by Gasteiger charge is 2.09. The molecule has 5 nitrogen and oxygen atoms in total. The standard InChI is InChI=1S/C13H16N2O3/c1-2-8-14-12(16)7-9-15-10-5-3-4-6-11(10)18-13(15)17/h3-6H,2,7-9H2,1H3,(H,14,16). The zero-order valence-corrected chi connectivity index (χ0v) is 10.3. The summed E-state index contributed by atoms with van der Waals surface area (Å²) in [5.74, 6) is -0.464. The van der Waals surface area contributed by atoms with E-state index < -0.39 is 5.76 Å². The van der Waals surface area contributed by atoms with Crippen LogP contribution in [0.15, 0.2) is 33.5 Å². The van der Waals surface area contributed by atoms with Crippen LogP contribution in [-0.4, -0.2) is 17.0 Å². The van der Waals surface area contributed by atoms with Gasteiger partial charge in [0, 0.05) is 19.5 Å². The topological polar surface area (TPSA) is 64.2 Å². The smallest absolute Gasteiger partial charge is 0.408 e. The van der Waals surface area contributed by atoms with E-state index in [1.807, 2.05) is 25.1 Å². The quantitative estimate of drug-likeness (QED) is 0.872. The van der Waals surface area contributed by atoms with Crippen LogP contribution in [0, 0.1) is 0 Å². The van der Waals surface area contributed by atoms with Crippen LogP contribution in [0.4, 0.5) is 0 Å². The van der Waals surface area contributed by atoms with Crippen LogP contribution >= 0.6 is 0 Å². The number of hydrogen-bond donors (Lipinski definition) is 1. The second kappa shape index (κ2) is 5.53. The number of para-hydroxylation sites is 2. The molecule has 2 rings (SSSR count). The van der Waals surface area contributed by atoms with E-state index in [-0.39, 0.29) is 12.3 Å². The van der Waals surface area contributed by atoms with E-state index in [4.69, 9.17) is 4.42 Å². The average Bonchev–Trinajstić information content (AvgIpc) is 2.69. The third-order valence-electron chi connectivity index (χ3n) is 2.71. The number of carbonyl (C=O) groups is 1. The van der Waals surface area contributed by atoms with E-state index in [1.165, 1.54) is 4.57 Å². The lowest BCUT2D eigenvalue weighted by molar-refractivity contribution is -0.121. The fraction of sp³-hybridized carbons (Fsp3) is 0.385. The maximum Gasteiger partial charge on any atom is 0.419 e. The number of carbonyl (C=O) groups excluding carboxylic acids is 1. The van der Waals surface area contributed by atoms with Gasteiger partial charge in [0.15, 0.2) is 5.58 Å². The highest BCUT2D eigenvalue weighted by atomic mass is 16.4. The largest absolute Gasteiger partial charge is 0.419 e. The molecule has 5 heteroatoms. The minimum absolute atomic E-state index is 0.0472. The third-order valence-corrected chi connectivity index (χ3v) is 2.71. The number of aromatic nitrogens is 1. The summed E-state index contributed by atoms with van der Waals surface area (Å²) in [7, 11) is 0. The van der Waals surface area contributed by atoms with Crippen LogP contribution in [0.3, 0.4) is 0 Å². The molecule has 0 bridgehead atoms. The maximum absolute atomic E-state index is 11.6. The van der Waals surface area contributed by atoms with Crippen LogP contribution in [0.25, 0.3) is 11.1 Å². The van der Waals surface area contributed by atoms with E-state index in [1.54, 1.807) is 6.07 Å². The predicted molar refractivity (Wildman–Crippen MR) is 68.4 cm³/mol. The summed E-state index contributed by atoms with van der Waals surface area (Å²) in [6, 6.07) is 7.20. The highest BCUT2D eigenvalue weighted by Crippen LogP contribution is 2.11. The van der Waals surface area contributed by atoms with Gasteiger partial charge in [-0.25, -0.2) is 4.79 Å². The van der Waals surface area contributed by atoms with Gasteiger partial charge < -0.3 is 9.73 Å². The fourth-order valence-corrected chi connectivity index (χ4v) is 1.79. The Kier molecular flexibility index (Phi) is 3.82. The molecular formula is C13H16N2O3. The Morgan fingerprint density at radius 3 is 2.94 bits per heavy atom. The van der Waals surface area contributed by atoms with E-state index in [0.29, 0.717) is 18.7 Å². The Labute approximate surface area is 104 Å². The average molecular weight is 248 g/mol. The summed E-state index contributed by atoms with van der Waals surface area (Å²) < 4.78 is 6.58.